The van der Waals surface area contributed by atoms with Gasteiger partial charge in [0, 0.05) is 18.5 Å². The van der Waals surface area contributed by atoms with Crippen molar-refractivity contribution < 1.29 is 4.92 Å². The molecule has 2 heterocycles. The first-order valence-corrected chi connectivity index (χ1v) is 4.65. The van der Waals surface area contributed by atoms with E-state index in [1.807, 2.05) is 0 Å². The minimum Gasteiger partial charge on any atom is -0.261 e. The largest absolute Gasteiger partial charge is 0.289 e. The van der Waals surface area contributed by atoms with Gasteiger partial charge in [-0.05, 0) is 5.38 Å². The average Bonchev–Trinajstić information content (AvgIpc) is 2.67. The number of hydrogen-bond acceptors (Lipinski definition) is 5. The summed E-state index contributed by atoms with van der Waals surface area (Å²) in [6, 6.07) is 1.47. The molecule has 14 heavy (non-hydrogen) atoms. The number of nitro groups is 1. The van der Waals surface area contributed by atoms with Crippen LogP contribution in [0.25, 0.3) is 10.6 Å². The van der Waals surface area contributed by atoms with Crippen LogP contribution >= 0.6 is 11.3 Å². The minimum atomic E-state index is -0.416. The lowest BCUT2D eigenvalue weighted by atomic mass is 10.3. The molecule has 0 N–H and O–H groups in total. The molecule has 0 aromatic carbocycles. The van der Waals surface area contributed by atoms with Crippen molar-refractivity contribution >= 4 is 17.0 Å². The summed E-state index contributed by atoms with van der Waals surface area (Å²) in [6.45, 7) is 0. The summed E-state index contributed by atoms with van der Waals surface area (Å²) < 4.78 is 0. The van der Waals surface area contributed by atoms with Gasteiger partial charge >= 0.3 is 0 Å². The molecule has 5 nitrogen and oxygen atoms in total. The number of nitrogens with zero attached hydrogens (tertiary/aromatic N) is 3. The van der Waals surface area contributed by atoms with Gasteiger partial charge in [0.2, 0.25) is 0 Å². The molecule has 0 atom stereocenters. The lowest BCUT2D eigenvalue weighted by Gasteiger charge is -1.94. The van der Waals surface area contributed by atoms with Crippen LogP contribution in [-0.4, -0.2) is 14.9 Å². The van der Waals surface area contributed by atoms with Crippen molar-refractivity contribution in [2.24, 2.45) is 0 Å². The van der Waals surface area contributed by atoms with E-state index in [1.165, 1.54) is 36.0 Å². The quantitative estimate of drug-likeness (QED) is 0.558. The third kappa shape index (κ3) is 1.47. The van der Waals surface area contributed by atoms with Crippen molar-refractivity contribution in [3.63, 3.8) is 0 Å². The maximum absolute atomic E-state index is 10.6. The molecule has 0 aliphatic rings. The van der Waals surface area contributed by atoms with Crippen LogP contribution in [0.3, 0.4) is 0 Å². The maximum atomic E-state index is 10.6. The van der Waals surface area contributed by atoms with Gasteiger partial charge in [0.15, 0.2) is 0 Å². The Kier molecular flexibility index (Phi) is 2.19. The van der Waals surface area contributed by atoms with Gasteiger partial charge in [-0.25, -0.2) is 0 Å². The van der Waals surface area contributed by atoms with Crippen LogP contribution in [0, 0.1) is 10.1 Å². The van der Waals surface area contributed by atoms with Crippen LogP contribution in [0.15, 0.2) is 30.0 Å². The molecule has 0 radical (unpaired) electrons. The van der Waals surface area contributed by atoms with Crippen molar-refractivity contribution in [2.75, 3.05) is 0 Å². The lowest BCUT2D eigenvalue weighted by molar-refractivity contribution is -0.383. The van der Waals surface area contributed by atoms with Gasteiger partial charge in [-0.2, -0.15) is 0 Å². The van der Waals surface area contributed by atoms with E-state index in [-0.39, 0.29) is 5.69 Å². The first-order chi connectivity index (χ1) is 6.79. The van der Waals surface area contributed by atoms with Crippen LogP contribution < -0.4 is 0 Å². The number of thiophene rings is 1. The highest BCUT2D eigenvalue weighted by Crippen LogP contribution is 2.32. The second kappa shape index (κ2) is 3.51. The summed E-state index contributed by atoms with van der Waals surface area (Å²) in [4.78, 5) is 18.6. The van der Waals surface area contributed by atoms with E-state index in [1.54, 1.807) is 5.38 Å². The van der Waals surface area contributed by atoms with Gasteiger partial charge in [-0.3, -0.25) is 20.1 Å². The Labute approximate surface area is 83.2 Å². The van der Waals surface area contributed by atoms with Crippen LogP contribution in [-0.2, 0) is 0 Å². The highest BCUT2D eigenvalue weighted by Gasteiger charge is 2.17. The summed E-state index contributed by atoms with van der Waals surface area (Å²) in [5.41, 5.74) is 0.615. The second-order valence-corrected chi connectivity index (χ2v) is 3.40. The molecular formula is C8H5N3O2S. The van der Waals surface area contributed by atoms with E-state index < -0.39 is 4.92 Å². The van der Waals surface area contributed by atoms with E-state index in [0.29, 0.717) is 10.6 Å². The predicted molar refractivity (Wildman–Crippen MR) is 52.0 cm³/mol. The molecule has 0 unspecified atom stereocenters. The third-order valence-corrected chi connectivity index (χ3v) is 2.56. The molecule has 70 valence electrons. The van der Waals surface area contributed by atoms with E-state index in [9.17, 15) is 10.1 Å². The summed E-state index contributed by atoms with van der Waals surface area (Å²) in [7, 11) is 0. The molecule has 0 fully saturated rings. The molecule has 2 aromatic heterocycles. The lowest BCUT2D eigenvalue weighted by Crippen LogP contribution is -1.89. The number of rotatable bonds is 2. The standard InChI is InChI=1S/C8H5N3O2S/c12-11(13)7-1-4-14-8(7)6-5-9-2-3-10-6/h1-5H. The Bertz CT molecular complexity index is 455. The van der Waals surface area contributed by atoms with Crippen molar-refractivity contribution in [1.29, 1.82) is 0 Å². The molecule has 0 saturated heterocycles. The SMILES string of the molecule is O=[N+]([O-])c1ccsc1-c1cnccn1. The van der Waals surface area contributed by atoms with Crippen LogP contribution in [0.4, 0.5) is 5.69 Å². The molecular weight excluding hydrogens is 202 g/mol. The fourth-order valence-corrected chi connectivity index (χ4v) is 1.88. The molecule has 0 bridgehead atoms. The molecule has 2 rings (SSSR count). The van der Waals surface area contributed by atoms with Gasteiger partial charge in [-0.1, -0.05) is 0 Å². The van der Waals surface area contributed by atoms with Crippen molar-refractivity contribution in [3.05, 3.63) is 40.2 Å². The first kappa shape index (κ1) is 8.76. The van der Waals surface area contributed by atoms with Gasteiger partial charge < -0.3 is 0 Å². The molecule has 0 saturated carbocycles. The van der Waals surface area contributed by atoms with Crippen LogP contribution in [0.1, 0.15) is 0 Å². The summed E-state index contributed by atoms with van der Waals surface area (Å²) >= 11 is 1.29. The normalized spacial score (nSPS) is 10.0. The molecule has 0 aliphatic heterocycles. The Balaban J connectivity index is 2.52. The summed E-state index contributed by atoms with van der Waals surface area (Å²) in [5, 5.41) is 12.3. The first-order valence-electron chi connectivity index (χ1n) is 3.77. The minimum absolute atomic E-state index is 0.0792. The van der Waals surface area contributed by atoms with Gasteiger partial charge in [0.05, 0.1) is 11.1 Å². The zero-order valence-electron chi connectivity index (χ0n) is 6.95. The maximum Gasteiger partial charge on any atom is 0.289 e. The third-order valence-electron chi connectivity index (χ3n) is 1.64. The van der Waals surface area contributed by atoms with Crippen molar-refractivity contribution in [2.45, 2.75) is 0 Å². The van der Waals surface area contributed by atoms with E-state index >= 15 is 0 Å². The molecule has 2 aromatic rings. The Morgan fingerprint density at radius 1 is 1.43 bits per heavy atom. The average molecular weight is 207 g/mol. The fraction of sp³-hybridized carbons (Fsp3) is 0. The highest BCUT2D eigenvalue weighted by atomic mass is 32.1. The monoisotopic (exact) mass is 207 g/mol. The predicted octanol–water partition coefficient (Wildman–Crippen LogP) is 2.11. The molecule has 0 amide bonds. The Morgan fingerprint density at radius 3 is 2.93 bits per heavy atom. The molecule has 0 spiro atoms. The zero-order chi connectivity index (χ0) is 9.97. The highest BCUT2D eigenvalue weighted by molar-refractivity contribution is 7.14. The Hall–Kier alpha value is -1.82. The van der Waals surface area contributed by atoms with E-state index in [0.717, 1.165) is 0 Å². The van der Waals surface area contributed by atoms with Crippen molar-refractivity contribution in [3.8, 4) is 10.6 Å². The van der Waals surface area contributed by atoms with Gasteiger partial charge in [-0.15, -0.1) is 11.3 Å². The molecule has 6 heteroatoms. The van der Waals surface area contributed by atoms with E-state index in [4.69, 9.17) is 0 Å². The summed E-state index contributed by atoms with van der Waals surface area (Å²) in [5.74, 6) is 0. The fourth-order valence-electron chi connectivity index (χ4n) is 1.05. The topological polar surface area (TPSA) is 68.9 Å². The van der Waals surface area contributed by atoms with Gasteiger partial charge in [0.25, 0.3) is 5.69 Å². The van der Waals surface area contributed by atoms with E-state index in [2.05, 4.69) is 9.97 Å². The number of aromatic nitrogens is 2. The number of hydrogen-bond donors (Lipinski definition) is 0. The Morgan fingerprint density at radius 2 is 2.29 bits per heavy atom. The van der Waals surface area contributed by atoms with Gasteiger partial charge in [0.1, 0.15) is 10.6 Å². The molecule has 0 aliphatic carbocycles. The van der Waals surface area contributed by atoms with Crippen molar-refractivity contribution in [1.82, 2.24) is 9.97 Å². The zero-order valence-corrected chi connectivity index (χ0v) is 7.77. The smallest absolute Gasteiger partial charge is 0.261 e. The van der Waals surface area contributed by atoms with Crippen LogP contribution in [0.5, 0.6) is 0 Å². The summed E-state index contributed by atoms with van der Waals surface area (Å²) in [6.07, 6.45) is 4.56. The second-order valence-electron chi connectivity index (χ2n) is 2.48. The van der Waals surface area contributed by atoms with Crippen LogP contribution in [0.2, 0.25) is 0 Å².